The van der Waals surface area contributed by atoms with E-state index in [4.69, 9.17) is 9.47 Å². The Morgan fingerprint density at radius 2 is 2.05 bits per heavy atom. The molecule has 0 bridgehead atoms. The van der Waals surface area contributed by atoms with Crippen molar-refractivity contribution < 1.29 is 14.3 Å². The van der Waals surface area contributed by atoms with E-state index in [2.05, 4.69) is 15.9 Å². The lowest BCUT2D eigenvalue weighted by Crippen LogP contribution is -2.12. The molecule has 1 aromatic rings. The number of methoxy groups -OCH3 is 1. The highest BCUT2D eigenvalue weighted by atomic mass is 79.9. The minimum absolute atomic E-state index is 0.163. The first-order valence-electron chi connectivity index (χ1n) is 7.13. The van der Waals surface area contributed by atoms with Gasteiger partial charge in [-0.2, -0.15) is 0 Å². The second kappa shape index (κ2) is 7.11. The van der Waals surface area contributed by atoms with Gasteiger partial charge in [-0.3, -0.25) is 0 Å². The van der Waals surface area contributed by atoms with E-state index in [1.165, 1.54) is 12.8 Å². The predicted octanol–water partition coefficient (Wildman–Crippen LogP) is 4.47. The Bertz CT molecular complexity index is 467. The normalized spacial score (nSPS) is 16.9. The van der Waals surface area contributed by atoms with E-state index >= 15 is 0 Å². The van der Waals surface area contributed by atoms with E-state index in [1.807, 2.05) is 19.1 Å². The van der Waals surface area contributed by atoms with Gasteiger partial charge in [0.15, 0.2) is 11.5 Å². The number of carbonyl (C=O) groups is 1. The SMILES string of the molecule is COc1cc(C(C)CC=O)c(Br)cc1OC1CCCC1. The van der Waals surface area contributed by atoms with Gasteiger partial charge in [-0.15, -0.1) is 0 Å². The van der Waals surface area contributed by atoms with Crippen LogP contribution in [-0.4, -0.2) is 19.5 Å². The van der Waals surface area contributed by atoms with E-state index < -0.39 is 0 Å². The van der Waals surface area contributed by atoms with Crippen molar-refractivity contribution in [1.29, 1.82) is 0 Å². The minimum atomic E-state index is 0.163. The van der Waals surface area contributed by atoms with E-state index in [0.717, 1.165) is 40.7 Å². The quantitative estimate of drug-likeness (QED) is 0.716. The summed E-state index contributed by atoms with van der Waals surface area (Å²) in [6.07, 6.45) is 6.46. The molecule has 2 rings (SSSR count). The summed E-state index contributed by atoms with van der Waals surface area (Å²) in [5.74, 6) is 1.69. The zero-order valence-corrected chi connectivity index (χ0v) is 13.6. The van der Waals surface area contributed by atoms with E-state index in [9.17, 15) is 4.79 Å². The van der Waals surface area contributed by atoms with Crippen LogP contribution in [0.4, 0.5) is 0 Å². The van der Waals surface area contributed by atoms with Gasteiger partial charge in [0.2, 0.25) is 0 Å². The van der Waals surface area contributed by atoms with Crippen molar-refractivity contribution in [2.75, 3.05) is 7.11 Å². The molecule has 1 aromatic carbocycles. The summed E-state index contributed by atoms with van der Waals surface area (Å²) in [5.41, 5.74) is 1.08. The van der Waals surface area contributed by atoms with Gasteiger partial charge >= 0.3 is 0 Å². The lowest BCUT2D eigenvalue weighted by atomic mass is 9.98. The Labute approximate surface area is 128 Å². The van der Waals surface area contributed by atoms with Crippen LogP contribution < -0.4 is 9.47 Å². The van der Waals surface area contributed by atoms with E-state index in [0.29, 0.717) is 12.5 Å². The number of ether oxygens (including phenoxy) is 2. The Morgan fingerprint density at radius 1 is 1.35 bits per heavy atom. The summed E-state index contributed by atoms with van der Waals surface area (Å²) in [7, 11) is 1.65. The van der Waals surface area contributed by atoms with Gasteiger partial charge in [-0.1, -0.05) is 22.9 Å². The van der Waals surface area contributed by atoms with Crippen molar-refractivity contribution in [2.24, 2.45) is 0 Å². The number of benzene rings is 1. The summed E-state index contributed by atoms with van der Waals surface area (Å²) >= 11 is 3.58. The molecule has 0 aliphatic heterocycles. The number of carbonyl (C=O) groups excluding carboxylic acids is 1. The lowest BCUT2D eigenvalue weighted by Gasteiger charge is -2.19. The van der Waals surface area contributed by atoms with Gasteiger partial charge in [-0.25, -0.2) is 0 Å². The van der Waals surface area contributed by atoms with E-state index in [1.54, 1.807) is 7.11 Å². The molecule has 0 heterocycles. The summed E-state index contributed by atoms with van der Waals surface area (Å²) < 4.78 is 12.5. The first kappa shape index (κ1) is 15.4. The average molecular weight is 341 g/mol. The molecule has 0 radical (unpaired) electrons. The summed E-state index contributed by atoms with van der Waals surface area (Å²) in [6, 6.07) is 3.94. The van der Waals surface area contributed by atoms with Crippen molar-refractivity contribution in [2.45, 2.75) is 51.0 Å². The maximum atomic E-state index is 10.7. The van der Waals surface area contributed by atoms with Gasteiger partial charge in [0, 0.05) is 10.9 Å². The number of aldehydes is 1. The molecule has 0 N–H and O–H groups in total. The summed E-state index contributed by atoms with van der Waals surface area (Å²) in [5, 5.41) is 0. The topological polar surface area (TPSA) is 35.5 Å². The molecule has 0 aromatic heterocycles. The maximum absolute atomic E-state index is 10.7. The highest BCUT2D eigenvalue weighted by Gasteiger charge is 2.20. The van der Waals surface area contributed by atoms with Crippen molar-refractivity contribution in [3.63, 3.8) is 0 Å². The molecule has 1 unspecified atom stereocenters. The van der Waals surface area contributed by atoms with Gasteiger partial charge < -0.3 is 14.3 Å². The van der Waals surface area contributed by atoms with Crippen LogP contribution in [0.2, 0.25) is 0 Å². The molecule has 1 atom stereocenters. The Morgan fingerprint density at radius 3 is 2.65 bits per heavy atom. The molecule has 4 heteroatoms. The van der Waals surface area contributed by atoms with Crippen LogP contribution in [0.15, 0.2) is 16.6 Å². The first-order chi connectivity index (χ1) is 9.65. The number of halogens is 1. The van der Waals surface area contributed by atoms with Crippen LogP contribution in [0.5, 0.6) is 11.5 Å². The molecule has 1 aliphatic carbocycles. The van der Waals surface area contributed by atoms with Crippen LogP contribution in [0.25, 0.3) is 0 Å². The van der Waals surface area contributed by atoms with Crippen molar-refractivity contribution in [3.05, 3.63) is 22.2 Å². The fourth-order valence-electron chi connectivity index (χ4n) is 2.64. The summed E-state index contributed by atoms with van der Waals surface area (Å²) in [4.78, 5) is 10.7. The number of hydrogen-bond donors (Lipinski definition) is 0. The van der Waals surface area contributed by atoms with Crippen LogP contribution >= 0.6 is 15.9 Å². The van der Waals surface area contributed by atoms with Gasteiger partial charge in [0.25, 0.3) is 0 Å². The second-order valence-electron chi connectivity index (χ2n) is 5.35. The molecule has 0 saturated heterocycles. The largest absolute Gasteiger partial charge is 0.493 e. The molecule has 1 fully saturated rings. The Balaban J connectivity index is 2.24. The third-order valence-corrected chi connectivity index (χ3v) is 4.55. The molecule has 3 nitrogen and oxygen atoms in total. The third kappa shape index (κ3) is 3.54. The average Bonchev–Trinajstić information content (AvgIpc) is 2.92. The van der Waals surface area contributed by atoms with Crippen LogP contribution in [0.3, 0.4) is 0 Å². The fraction of sp³-hybridized carbons (Fsp3) is 0.562. The standard InChI is InChI=1S/C16H21BrO3/c1-11(7-8-18)13-9-15(19-2)16(10-14(13)17)20-12-5-3-4-6-12/h8-12H,3-7H2,1-2H3. The number of rotatable bonds is 6. The van der Waals surface area contributed by atoms with Crippen LogP contribution in [0.1, 0.15) is 50.5 Å². The van der Waals surface area contributed by atoms with Gasteiger partial charge in [-0.05, 0) is 49.3 Å². The maximum Gasteiger partial charge on any atom is 0.162 e. The van der Waals surface area contributed by atoms with Gasteiger partial charge in [0.1, 0.15) is 6.29 Å². The van der Waals surface area contributed by atoms with E-state index in [-0.39, 0.29) is 5.92 Å². The Kier molecular flexibility index (Phi) is 5.46. The lowest BCUT2D eigenvalue weighted by molar-refractivity contribution is -0.108. The highest BCUT2D eigenvalue weighted by molar-refractivity contribution is 9.10. The zero-order valence-electron chi connectivity index (χ0n) is 12.0. The van der Waals surface area contributed by atoms with Gasteiger partial charge in [0.05, 0.1) is 13.2 Å². The molecule has 1 aliphatic rings. The predicted molar refractivity (Wildman–Crippen MR) is 82.7 cm³/mol. The first-order valence-corrected chi connectivity index (χ1v) is 7.92. The molecule has 1 saturated carbocycles. The molecule has 110 valence electrons. The second-order valence-corrected chi connectivity index (χ2v) is 6.21. The third-order valence-electron chi connectivity index (χ3n) is 3.86. The molecule has 0 spiro atoms. The van der Waals surface area contributed by atoms with Crippen molar-refractivity contribution in [1.82, 2.24) is 0 Å². The highest BCUT2D eigenvalue weighted by Crippen LogP contribution is 2.39. The molecule has 20 heavy (non-hydrogen) atoms. The van der Waals surface area contributed by atoms with Crippen molar-refractivity contribution in [3.8, 4) is 11.5 Å². The molecular formula is C16H21BrO3. The zero-order chi connectivity index (χ0) is 14.5. The summed E-state index contributed by atoms with van der Waals surface area (Å²) in [6.45, 7) is 2.03. The molecule has 0 amide bonds. The monoisotopic (exact) mass is 340 g/mol. The minimum Gasteiger partial charge on any atom is -0.493 e. The Hall–Kier alpha value is -1.03. The van der Waals surface area contributed by atoms with Crippen molar-refractivity contribution >= 4 is 22.2 Å². The van der Waals surface area contributed by atoms with Crippen LogP contribution in [0, 0.1) is 0 Å². The smallest absolute Gasteiger partial charge is 0.162 e. The fourth-order valence-corrected chi connectivity index (χ4v) is 3.35. The number of hydrogen-bond acceptors (Lipinski definition) is 3. The molecular weight excluding hydrogens is 320 g/mol. The van der Waals surface area contributed by atoms with Crippen LogP contribution in [-0.2, 0) is 4.79 Å².